The fraction of sp³-hybridized carbons (Fsp3) is 0.222. The maximum Gasteiger partial charge on any atom is 0.257 e. The number of benzene rings is 4. The Morgan fingerprint density at radius 1 is 0.889 bits per heavy atom. The van der Waals surface area contributed by atoms with Gasteiger partial charge in [0.2, 0.25) is 0 Å². The summed E-state index contributed by atoms with van der Waals surface area (Å²) in [5, 5.41) is 7.89. The molecule has 0 radical (unpaired) electrons. The van der Waals surface area contributed by atoms with E-state index < -0.39 is 11.0 Å². The second-order valence-corrected chi connectivity index (χ2v) is 13.0. The van der Waals surface area contributed by atoms with Gasteiger partial charge in [0.15, 0.2) is 5.76 Å². The Kier molecular flexibility index (Phi) is 10.2. The van der Waals surface area contributed by atoms with Crippen LogP contribution in [0.4, 0.5) is 0 Å². The zero-order chi connectivity index (χ0) is 32.0. The van der Waals surface area contributed by atoms with Crippen molar-refractivity contribution in [2.24, 2.45) is 0 Å². The SMILES string of the molecule is CC(C)(C)c1ccc(C(Cc2ccc(C(=O)NCCO[SH](=O)=O)cc2)c2cc(-c3cccc(-c4ccc(Cl)cc4)c3)on2)cc1. The van der Waals surface area contributed by atoms with Crippen molar-refractivity contribution < 1.29 is 21.9 Å². The van der Waals surface area contributed by atoms with Gasteiger partial charge in [-0.1, -0.05) is 104 Å². The van der Waals surface area contributed by atoms with E-state index in [4.69, 9.17) is 16.1 Å². The number of nitrogens with zero attached hydrogens (tertiary/aromatic N) is 1. The number of amides is 1. The quantitative estimate of drug-likeness (QED) is 0.114. The van der Waals surface area contributed by atoms with Crippen molar-refractivity contribution in [2.75, 3.05) is 13.2 Å². The summed E-state index contributed by atoms with van der Waals surface area (Å²) in [5.41, 5.74) is 7.72. The predicted molar refractivity (Wildman–Crippen MR) is 178 cm³/mol. The molecule has 0 aliphatic heterocycles. The third kappa shape index (κ3) is 8.48. The number of nitrogens with one attached hydrogen (secondary N) is 1. The first kappa shape index (κ1) is 32.2. The van der Waals surface area contributed by atoms with Crippen molar-refractivity contribution in [1.82, 2.24) is 10.5 Å². The van der Waals surface area contributed by atoms with E-state index in [9.17, 15) is 13.2 Å². The second kappa shape index (κ2) is 14.2. The molecule has 1 aromatic heterocycles. The predicted octanol–water partition coefficient (Wildman–Crippen LogP) is 7.61. The summed E-state index contributed by atoms with van der Waals surface area (Å²) in [5.74, 6) is 0.277. The first-order valence-electron chi connectivity index (χ1n) is 14.6. The summed E-state index contributed by atoms with van der Waals surface area (Å²) in [6, 6.07) is 33.9. The van der Waals surface area contributed by atoms with Gasteiger partial charge >= 0.3 is 0 Å². The highest BCUT2D eigenvalue weighted by Gasteiger charge is 2.22. The largest absolute Gasteiger partial charge is 0.356 e. The van der Waals surface area contributed by atoms with Crippen molar-refractivity contribution in [1.29, 1.82) is 0 Å². The molecule has 7 nitrogen and oxygen atoms in total. The Labute approximate surface area is 270 Å². The minimum absolute atomic E-state index is 0.0271. The maximum absolute atomic E-state index is 12.5. The molecule has 232 valence electrons. The number of thiol groups is 1. The molecule has 1 N–H and O–H groups in total. The average Bonchev–Trinajstić information content (AvgIpc) is 3.52. The van der Waals surface area contributed by atoms with Crippen LogP contribution in [-0.2, 0) is 27.0 Å². The molecular formula is C36H35ClN2O5S. The molecule has 1 atom stereocenters. The molecule has 0 saturated heterocycles. The number of hydrogen-bond acceptors (Lipinski definition) is 6. The third-order valence-corrected chi connectivity index (χ3v) is 8.27. The highest BCUT2D eigenvalue weighted by molar-refractivity contribution is 7.67. The summed E-state index contributed by atoms with van der Waals surface area (Å²) >= 11 is 6.09. The van der Waals surface area contributed by atoms with Crippen molar-refractivity contribution >= 4 is 28.5 Å². The monoisotopic (exact) mass is 642 g/mol. The number of rotatable bonds is 11. The van der Waals surface area contributed by atoms with Gasteiger partial charge in [-0.3, -0.25) is 8.98 Å². The molecule has 0 spiro atoms. The lowest BCUT2D eigenvalue weighted by atomic mass is 9.83. The molecule has 5 aromatic rings. The van der Waals surface area contributed by atoms with Crippen LogP contribution in [0.3, 0.4) is 0 Å². The molecule has 9 heteroatoms. The van der Waals surface area contributed by atoms with Crippen LogP contribution in [0, 0.1) is 0 Å². The number of hydrogen-bond donors (Lipinski definition) is 2. The van der Waals surface area contributed by atoms with Gasteiger partial charge in [0.1, 0.15) is 0 Å². The van der Waals surface area contributed by atoms with Crippen LogP contribution in [0.5, 0.6) is 0 Å². The van der Waals surface area contributed by atoms with Gasteiger partial charge in [0.05, 0.1) is 12.3 Å². The maximum atomic E-state index is 12.5. The Hall–Kier alpha value is -4.24. The van der Waals surface area contributed by atoms with Crippen LogP contribution in [0.2, 0.25) is 5.02 Å². The summed E-state index contributed by atoms with van der Waals surface area (Å²) < 4.78 is 31.5. The molecule has 1 amide bonds. The average molecular weight is 643 g/mol. The molecule has 0 saturated carbocycles. The standard InChI is InChI=1S/C36H35ClN2O5S/c1-36(2,3)30-15-11-26(12-16-30)32(21-24-7-9-27(10-8-24)35(40)38-19-20-43-45(41)42)33-23-34(44-39-33)29-6-4-5-28(22-29)25-13-17-31(37)18-14-25/h4-18,22-23,32,45H,19-21H2,1-3H3,(H,38,40). The van der Waals surface area contributed by atoms with Crippen molar-refractivity contribution in [3.8, 4) is 22.5 Å². The molecule has 0 fully saturated rings. The topological polar surface area (TPSA) is 98.5 Å². The van der Waals surface area contributed by atoms with E-state index in [0.717, 1.165) is 33.5 Å². The fourth-order valence-electron chi connectivity index (χ4n) is 5.11. The lowest BCUT2D eigenvalue weighted by Gasteiger charge is -2.21. The normalized spacial score (nSPS) is 12.3. The van der Waals surface area contributed by atoms with E-state index in [0.29, 0.717) is 22.8 Å². The van der Waals surface area contributed by atoms with Crippen LogP contribution >= 0.6 is 11.6 Å². The zero-order valence-electron chi connectivity index (χ0n) is 25.3. The van der Waals surface area contributed by atoms with E-state index in [1.165, 1.54) is 5.56 Å². The first-order valence-corrected chi connectivity index (χ1v) is 16.1. The van der Waals surface area contributed by atoms with Crippen LogP contribution in [0.15, 0.2) is 108 Å². The lowest BCUT2D eigenvalue weighted by molar-refractivity contribution is 0.0947. The highest BCUT2D eigenvalue weighted by Crippen LogP contribution is 2.34. The summed E-state index contributed by atoms with van der Waals surface area (Å²) in [4.78, 5) is 12.5. The van der Waals surface area contributed by atoms with Crippen molar-refractivity contribution in [3.05, 3.63) is 136 Å². The van der Waals surface area contributed by atoms with E-state index in [1.54, 1.807) is 12.1 Å². The third-order valence-electron chi connectivity index (χ3n) is 7.63. The van der Waals surface area contributed by atoms with Crippen LogP contribution < -0.4 is 5.32 Å². The van der Waals surface area contributed by atoms with E-state index >= 15 is 0 Å². The highest BCUT2D eigenvalue weighted by atomic mass is 35.5. The van der Waals surface area contributed by atoms with Gasteiger partial charge in [0, 0.05) is 34.7 Å². The Morgan fingerprint density at radius 2 is 1.58 bits per heavy atom. The fourth-order valence-corrected chi connectivity index (χ4v) is 5.47. The van der Waals surface area contributed by atoms with Crippen LogP contribution in [-0.4, -0.2) is 32.6 Å². The van der Waals surface area contributed by atoms with E-state index in [-0.39, 0.29) is 30.4 Å². The van der Waals surface area contributed by atoms with Gasteiger partial charge in [-0.05, 0) is 70.0 Å². The van der Waals surface area contributed by atoms with Crippen LogP contribution in [0.25, 0.3) is 22.5 Å². The van der Waals surface area contributed by atoms with E-state index in [2.05, 4.69) is 71.8 Å². The van der Waals surface area contributed by atoms with Gasteiger partial charge in [-0.2, -0.15) is 0 Å². The summed E-state index contributed by atoms with van der Waals surface area (Å²) in [6.07, 6.45) is 0.637. The zero-order valence-corrected chi connectivity index (χ0v) is 27.0. The molecule has 5 rings (SSSR count). The van der Waals surface area contributed by atoms with Gasteiger partial charge in [0.25, 0.3) is 16.9 Å². The molecule has 1 heterocycles. The van der Waals surface area contributed by atoms with Crippen molar-refractivity contribution in [2.45, 2.75) is 38.5 Å². The van der Waals surface area contributed by atoms with Crippen LogP contribution in [0.1, 0.15) is 59.4 Å². The molecule has 4 aromatic carbocycles. The second-order valence-electron chi connectivity index (χ2n) is 11.8. The Morgan fingerprint density at radius 3 is 2.24 bits per heavy atom. The number of carbonyl (C=O) groups is 1. The molecule has 0 bridgehead atoms. The number of carbonyl (C=O) groups excluding carboxylic acids is 1. The van der Waals surface area contributed by atoms with Gasteiger partial charge in [-0.15, -0.1) is 0 Å². The van der Waals surface area contributed by atoms with E-state index in [1.807, 2.05) is 54.6 Å². The molecule has 45 heavy (non-hydrogen) atoms. The summed E-state index contributed by atoms with van der Waals surface area (Å²) in [6.45, 7) is 6.56. The minimum atomic E-state index is -2.94. The lowest BCUT2D eigenvalue weighted by Crippen LogP contribution is -2.27. The summed E-state index contributed by atoms with van der Waals surface area (Å²) in [7, 11) is -2.94. The molecule has 0 aliphatic rings. The van der Waals surface area contributed by atoms with Gasteiger partial charge < -0.3 is 9.84 Å². The van der Waals surface area contributed by atoms with Crippen molar-refractivity contribution in [3.63, 3.8) is 0 Å². The molecule has 1 unspecified atom stereocenters. The smallest absolute Gasteiger partial charge is 0.257 e. The molecular weight excluding hydrogens is 608 g/mol. The Bertz CT molecular complexity index is 1820. The molecule has 0 aliphatic carbocycles. The van der Waals surface area contributed by atoms with Gasteiger partial charge in [-0.25, -0.2) is 8.42 Å². The number of halogens is 1. The first-order chi connectivity index (χ1) is 21.6. The minimum Gasteiger partial charge on any atom is -0.356 e. The Balaban J connectivity index is 1.40. The number of aromatic nitrogens is 1.